The molecule has 3 aromatic rings. The van der Waals surface area contributed by atoms with Crippen molar-refractivity contribution in [3.05, 3.63) is 54.6 Å². The van der Waals surface area contributed by atoms with Crippen LogP contribution in [0.2, 0.25) is 0 Å². The molecule has 1 heterocycles. The van der Waals surface area contributed by atoms with Crippen LogP contribution in [0.5, 0.6) is 0 Å². The maximum atomic E-state index is 12.6. The summed E-state index contributed by atoms with van der Waals surface area (Å²) in [6.07, 6.45) is 0. The molecule has 0 fully saturated rings. The molecule has 0 aliphatic carbocycles. The van der Waals surface area contributed by atoms with Crippen molar-refractivity contribution >= 4 is 35.3 Å². The molecular weight excluding hydrogens is 348 g/mol. The van der Waals surface area contributed by atoms with Crippen molar-refractivity contribution in [1.29, 1.82) is 0 Å². The first-order valence-electron chi connectivity index (χ1n) is 7.92. The van der Waals surface area contributed by atoms with Gasteiger partial charge in [-0.25, -0.2) is 0 Å². The summed E-state index contributed by atoms with van der Waals surface area (Å²) in [5.74, 6) is -0.111. The van der Waals surface area contributed by atoms with Gasteiger partial charge in [0.05, 0.1) is 5.25 Å². The van der Waals surface area contributed by atoms with Crippen LogP contribution in [0.25, 0.3) is 11.1 Å². The summed E-state index contributed by atoms with van der Waals surface area (Å²) in [5, 5.41) is 2.83. The Labute approximate surface area is 155 Å². The van der Waals surface area contributed by atoms with E-state index in [-0.39, 0.29) is 17.8 Å². The molecule has 2 aromatic carbocycles. The minimum atomic E-state index is -0.444. The molecule has 8 heteroatoms. The average Bonchev–Trinajstić information content (AvgIpc) is 2.62. The van der Waals surface area contributed by atoms with Gasteiger partial charge in [0.15, 0.2) is 5.16 Å². The molecule has 7 nitrogen and oxygen atoms in total. The quantitative estimate of drug-likeness (QED) is 0.594. The molecule has 0 saturated carbocycles. The molecule has 0 saturated heterocycles. The number of carbonyl (C=O) groups is 1. The summed E-state index contributed by atoms with van der Waals surface area (Å²) in [6.45, 7) is 1.77. The molecule has 0 aliphatic heterocycles. The molecule has 132 valence electrons. The Bertz CT molecular complexity index is 898. The van der Waals surface area contributed by atoms with Gasteiger partial charge < -0.3 is 16.8 Å². The minimum absolute atomic E-state index is 0.0297. The SMILES string of the molecule is C[C@H](Sc1nc(N)nc(N)n1)C(=O)Nc1ccccc1-c1ccccc1. The van der Waals surface area contributed by atoms with E-state index < -0.39 is 5.25 Å². The van der Waals surface area contributed by atoms with Crippen LogP contribution < -0.4 is 16.8 Å². The van der Waals surface area contributed by atoms with Crippen LogP contribution in [0.4, 0.5) is 17.6 Å². The summed E-state index contributed by atoms with van der Waals surface area (Å²) in [5.41, 5.74) is 13.8. The van der Waals surface area contributed by atoms with Gasteiger partial charge in [0.2, 0.25) is 17.8 Å². The Morgan fingerprint density at radius 2 is 1.58 bits per heavy atom. The average molecular weight is 366 g/mol. The molecule has 1 aromatic heterocycles. The molecule has 26 heavy (non-hydrogen) atoms. The van der Waals surface area contributed by atoms with Gasteiger partial charge in [0.25, 0.3) is 0 Å². The van der Waals surface area contributed by atoms with Crippen LogP contribution in [0.3, 0.4) is 0 Å². The number of hydrogen-bond acceptors (Lipinski definition) is 7. The lowest BCUT2D eigenvalue weighted by Gasteiger charge is -2.14. The van der Waals surface area contributed by atoms with Gasteiger partial charge in [-0.1, -0.05) is 60.3 Å². The lowest BCUT2D eigenvalue weighted by molar-refractivity contribution is -0.115. The molecule has 0 radical (unpaired) electrons. The number of aromatic nitrogens is 3. The van der Waals surface area contributed by atoms with Crippen molar-refractivity contribution in [2.24, 2.45) is 0 Å². The van der Waals surface area contributed by atoms with Gasteiger partial charge in [0, 0.05) is 11.3 Å². The fraction of sp³-hybridized carbons (Fsp3) is 0.111. The standard InChI is InChI=1S/C18H18N6OS/c1-11(26-18-23-16(19)22-17(20)24-18)15(25)21-14-10-6-5-9-13(14)12-7-3-2-4-8-12/h2-11H,1H3,(H,21,25)(H4,19,20,22,23,24)/t11-/m0/s1. The highest BCUT2D eigenvalue weighted by atomic mass is 32.2. The van der Waals surface area contributed by atoms with Crippen LogP contribution in [0.15, 0.2) is 59.8 Å². The molecule has 1 amide bonds. The van der Waals surface area contributed by atoms with E-state index in [1.165, 1.54) is 11.8 Å². The number of amides is 1. The lowest BCUT2D eigenvalue weighted by Crippen LogP contribution is -2.23. The van der Waals surface area contributed by atoms with Crippen molar-refractivity contribution < 1.29 is 4.79 Å². The minimum Gasteiger partial charge on any atom is -0.368 e. The molecule has 3 rings (SSSR count). The number of nitrogens with two attached hydrogens (primary N) is 2. The van der Waals surface area contributed by atoms with Crippen molar-refractivity contribution in [1.82, 2.24) is 15.0 Å². The van der Waals surface area contributed by atoms with Crippen molar-refractivity contribution in [2.75, 3.05) is 16.8 Å². The summed E-state index contributed by atoms with van der Waals surface area (Å²) in [4.78, 5) is 24.3. The highest BCUT2D eigenvalue weighted by Crippen LogP contribution is 2.29. The number of nitrogen functional groups attached to an aromatic ring is 2. The largest absolute Gasteiger partial charge is 0.368 e. The van der Waals surface area contributed by atoms with Crippen LogP contribution in [0, 0.1) is 0 Å². The van der Waals surface area contributed by atoms with Crippen LogP contribution >= 0.6 is 11.8 Å². The van der Waals surface area contributed by atoms with E-state index in [1.807, 2.05) is 54.6 Å². The van der Waals surface area contributed by atoms with Crippen molar-refractivity contribution in [3.8, 4) is 11.1 Å². The first-order valence-corrected chi connectivity index (χ1v) is 8.80. The number of carbonyl (C=O) groups excluding carboxylic acids is 1. The number of benzene rings is 2. The van der Waals surface area contributed by atoms with E-state index in [9.17, 15) is 4.79 Å². The maximum absolute atomic E-state index is 12.6. The molecule has 1 atom stereocenters. The number of nitrogens with one attached hydrogen (secondary N) is 1. The van der Waals surface area contributed by atoms with Crippen LogP contribution in [-0.4, -0.2) is 26.1 Å². The summed E-state index contributed by atoms with van der Waals surface area (Å²) in [6, 6.07) is 17.5. The second-order valence-electron chi connectivity index (χ2n) is 5.50. The molecule has 0 spiro atoms. The molecule has 0 aliphatic rings. The monoisotopic (exact) mass is 366 g/mol. The zero-order valence-electron chi connectivity index (χ0n) is 14.1. The van der Waals surface area contributed by atoms with E-state index in [0.717, 1.165) is 16.8 Å². The number of thioether (sulfide) groups is 1. The van der Waals surface area contributed by atoms with E-state index >= 15 is 0 Å². The molecule has 0 unspecified atom stereocenters. The van der Waals surface area contributed by atoms with Gasteiger partial charge in [-0.2, -0.15) is 15.0 Å². The predicted molar refractivity (Wildman–Crippen MR) is 104 cm³/mol. The Balaban J connectivity index is 1.76. The first-order chi connectivity index (χ1) is 12.5. The van der Waals surface area contributed by atoms with E-state index in [0.29, 0.717) is 5.16 Å². The zero-order chi connectivity index (χ0) is 18.5. The Kier molecular flexibility index (Phi) is 5.33. The first kappa shape index (κ1) is 17.7. The van der Waals surface area contributed by atoms with Crippen molar-refractivity contribution in [2.45, 2.75) is 17.3 Å². The second-order valence-corrected chi connectivity index (χ2v) is 6.80. The van der Waals surface area contributed by atoms with Crippen molar-refractivity contribution in [3.63, 3.8) is 0 Å². The maximum Gasteiger partial charge on any atom is 0.237 e. The van der Waals surface area contributed by atoms with E-state index in [4.69, 9.17) is 11.5 Å². The van der Waals surface area contributed by atoms with Gasteiger partial charge in [0.1, 0.15) is 0 Å². The Morgan fingerprint density at radius 3 is 2.27 bits per heavy atom. The third kappa shape index (κ3) is 4.28. The normalized spacial score (nSPS) is 11.7. The highest BCUT2D eigenvalue weighted by molar-refractivity contribution is 8.00. The highest BCUT2D eigenvalue weighted by Gasteiger charge is 2.18. The van der Waals surface area contributed by atoms with E-state index in [2.05, 4.69) is 20.3 Å². The topological polar surface area (TPSA) is 120 Å². The summed E-state index contributed by atoms with van der Waals surface area (Å²) < 4.78 is 0. The van der Waals surface area contributed by atoms with Gasteiger partial charge in [-0.05, 0) is 18.6 Å². The summed E-state index contributed by atoms with van der Waals surface area (Å²) in [7, 11) is 0. The summed E-state index contributed by atoms with van der Waals surface area (Å²) >= 11 is 1.17. The number of rotatable bonds is 5. The van der Waals surface area contributed by atoms with Gasteiger partial charge in [-0.15, -0.1) is 0 Å². The number of hydrogen-bond donors (Lipinski definition) is 3. The third-order valence-electron chi connectivity index (χ3n) is 3.57. The van der Waals surface area contributed by atoms with Gasteiger partial charge in [-0.3, -0.25) is 4.79 Å². The zero-order valence-corrected chi connectivity index (χ0v) is 14.9. The molecular formula is C18H18N6OS. The number of anilines is 3. The number of nitrogens with zero attached hydrogens (tertiary/aromatic N) is 3. The Morgan fingerprint density at radius 1 is 0.962 bits per heavy atom. The predicted octanol–water partition coefficient (Wildman–Crippen LogP) is 2.82. The smallest absolute Gasteiger partial charge is 0.237 e. The molecule has 5 N–H and O–H groups in total. The molecule has 0 bridgehead atoms. The Hall–Kier alpha value is -3.13. The van der Waals surface area contributed by atoms with Crippen LogP contribution in [-0.2, 0) is 4.79 Å². The lowest BCUT2D eigenvalue weighted by atomic mass is 10.0. The number of para-hydroxylation sites is 1. The van der Waals surface area contributed by atoms with Crippen LogP contribution in [0.1, 0.15) is 6.92 Å². The second kappa shape index (κ2) is 7.83. The third-order valence-corrected chi connectivity index (χ3v) is 4.53. The van der Waals surface area contributed by atoms with Gasteiger partial charge >= 0.3 is 0 Å². The fourth-order valence-electron chi connectivity index (χ4n) is 2.35. The van der Waals surface area contributed by atoms with E-state index in [1.54, 1.807) is 6.92 Å². The fourth-order valence-corrected chi connectivity index (χ4v) is 3.12.